The van der Waals surface area contributed by atoms with Gasteiger partial charge < -0.3 is 15.6 Å². The van der Waals surface area contributed by atoms with Crippen LogP contribution in [0.3, 0.4) is 0 Å². The number of hydroxylamine groups is 3. The molecule has 1 aliphatic rings. The molecule has 0 saturated heterocycles. The number of rotatable bonds is 3. The molecule has 0 spiro atoms. The first-order valence-corrected chi connectivity index (χ1v) is 7.38. The zero-order chi connectivity index (χ0) is 13.2. The Balaban J connectivity index is 2.13. The molecule has 2 rings (SSSR count). The summed E-state index contributed by atoms with van der Waals surface area (Å²) >= 11 is 3.44. The summed E-state index contributed by atoms with van der Waals surface area (Å²) in [6, 6.07) is 5.97. The van der Waals surface area contributed by atoms with Crippen molar-refractivity contribution >= 4 is 21.6 Å². The molecule has 0 bridgehead atoms. The second-order valence-electron chi connectivity index (χ2n) is 5.47. The van der Waals surface area contributed by atoms with Crippen molar-refractivity contribution in [1.29, 1.82) is 0 Å². The average Bonchev–Trinajstić information content (AvgIpc) is 2.35. The predicted octanol–water partition coefficient (Wildman–Crippen LogP) is 3.81. The number of benzene rings is 1. The summed E-state index contributed by atoms with van der Waals surface area (Å²) in [4.78, 5) is 0. The Morgan fingerprint density at radius 3 is 2.67 bits per heavy atom. The lowest BCUT2D eigenvalue weighted by atomic mass is 9.93. The van der Waals surface area contributed by atoms with Gasteiger partial charge in [-0.2, -0.15) is 0 Å². The summed E-state index contributed by atoms with van der Waals surface area (Å²) in [6.07, 6.45) is 5.75. The van der Waals surface area contributed by atoms with E-state index in [9.17, 15) is 5.21 Å². The molecule has 1 aromatic rings. The molecule has 4 heteroatoms. The predicted molar refractivity (Wildman–Crippen MR) is 78.7 cm³/mol. The van der Waals surface area contributed by atoms with Gasteiger partial charge in [0.25, 0.3) is 0 Å². The van der Waals surface area contributed by atoms with E-state index in [0.717, 1.165) is 22.9 Å². The van der Waals surface area contributed by atoms with E-state index in [1.807, 2.05) is 18.2 Å². The fraction of sp³-hybridized carbons (Fsp3) is 0.571. The van der Waals surface area contributed by atoms with Crippen LogP contribution < -0.4 is 5.73 Å². The molecule has 1 unspecified atom stereocenters. The number of nitrogen functional groups attached to an aromatic ring is 1. The van der Waals surface area contributed by atoms with Gasteiger partial charge in [0.05, 0.1) is 13.1 Å². The maximum Gasteiger partial charge on any atom is 0.106 e. The molecule has 1 aliphatic carbocycles. The molecule has 0 aliphatic heterocycles. The van der Waals surface area contributed by atoms with E-state index < -0.39 is 0 Å². The molecule has 0 radical (unpaired) electrons. The van der Waals surface area contributed by atoms with Gasteiger partial charge in [0.1, 0.15) is 6.54 Å². The minimum Gasteiger partial charge on any atom is -0.633 e. The van der Waals surface area contributed by atoms with Crippen molar-refractivity contribution in [3.05, 3.63) is 33.4 Å². The van der Waals surface area contributed by atoms with Gasteiger partial charge in [0.2, 0.25) is 0 Å². The topological polar surface area (TPSA) is 49.1 Å². The zero-order valence-corrected chi connectivity index (χ0v) is 12.4. The van der Waals surface area contributed by atoms with Gasteiger partial charge in [0.15, 0.2) is 0 Å². The highest BCUT2D eigenvalue weighted by atomic mass is 79.9. The lowest BCUT2D eigenvalue weighted by Gasteiger charge is -2.47. The van der Waals surface area contributed by atoms with Gasteiger partial charge in [-0.3, -0.25) is 0 Å². The Bertz CT molecular complexity index is 414. The number of nitrogens with two attached hydrogens (primary N) is 1. The third-order valence-electron chi connectivity index (χ3n) is 3.94. The highest BCUT2D eigenvalue weighted by molar-refractivity contribution is 9.10. The van der Waals surface area contributed by atoms with Crippen molar-refractivity contribution in [2.75, 3.05) is 12.8 Å². The molecule has 1 saturated carbocycles. The van der Waals surface area contributed by atoms with Crippen LogP contribution in [0.5, 0.6) is 0 Å². The lowest BCUT2D eigenvalue weighted by Crippen LogP contribution is -2.47. The number of halogens is 1. The molecule has 0 heterocycles. The van der Waals surface area contributed by atoms with E-state index in [0.29, 0.717) is 12.2 Å². The van der Waals surface area contributed by atoms with E-state index in [4.69, 9.17) is 5.73 Å². The quantitative estimate of drug-likeness (QED) is 0.524. The first-order chi connectivity index (χ1) is 8.49. The van der Waals surface area contributed by atoms with Gasteiger partial charge in [-0.25, -0.2) is 0 Å². The smallest absolute Gasteiger partial charge is 0.106 e. The van der Waals surface area contributed by atoms with Gasteiger partial charge in [-0.1, -0.05) is 22.4 Å². The molecule has 3 nitrogen and oxygen atoms in total. The number of hydrogen-bond acceptors (Lipinski definition) is 2. The fourth-order valence-electron chi connectivity index (χ4n) is 2.81. The Hall–Kier alpha value is -0.580. The Morgan fingerprint density at radius 2 is 2.00 bits per heavy atom. The molecule has 1 atom stereocenters. The molecular formula is C14H21BrN2O. The van der Waals surface area contributed by atoms with Crippen LogP contribution in [0, 0.1) is 5.21 Å². The summed E-state index contributed by atoms with van der Waals surface area (Å²) < 4.78 is 0.788. The summed E-state index contributed by atoms with van der Waals surface area (Å²) in [5.74, 6) is 0. The molecule has 18 heavy (non-hydrogen) atoms. The molecule has 0 aromatic heterocycles. The van der Waals surface area contributed by atoms with Gasteiger partial charge >= 0.3 is 0 Å². The lowest BCUT2D eigenvalue weighted by molar-refractivity contribution is -0.901. The number of nitrogens with zero attached hydrogens (tertiary/aromatic N) is 1. The first-order valence-electron chi connectivity index (χ1n) is 6.59. The Kier molecular flexibility index (Phi) is 4.30. The highest BCUT2D eigenvalue weighted by Crippen LogP contribution is 2.30. The van der Waals surface area contributed by atoms with Crippen LogP contribution in [0.1, 0.15) is 37.7 Å². The third-order valence-corrected chi connectivity index (χ3v) is 4.43. The average molecular weight is 313 g/mol. The fourth-order valence-corrected chi connectivity index (χ4v) is 3.21. The third kappa shape index (κ3) is 3.25. The molecule has 1 fully saturated rings. The van der Waals surface area contributed by atoms with E-state index in [1.165, 1.54) is 19.3 Å². The van der Waals surface area contributed by atoms with E-state index >= 15 is 0 Å². The molecule has 2 N–H and O–H groups in total. The largest absolute Gasteiger partial charge is 0.633 e. The van der Waals surface area contributed by atoms with Crippen LogP contribution in [-0.4, -0.2) is 17.7 Å². The van der Waals surface area contributed by atoms with Crippen LogP contribution in [0.4, 0.5) is 5.69 Å². The minimum atomic E-state index is -0.194. The zero-order valence-electron chi connectivity index (χ0n) is 10.9. The van der Waals surface area contributed by atoms with Crippen LogP contribution in [-0.2, 0) is 6.54 Å². The van der Waals surface area contributed by atoms with Crippen LogP contribution in [0.2, 0.25) is 0 Å². The first kappa shape index (κ1) is 13.8. The number of anilines is 1. The van der Waals surface area contributed by atoms with Crippen molar-refractivity contribution in [3.8, 4) is 0 Å². The highest BCUT2D eigenvalue weighted by Gasteiger charge is 2.27. The van der Waals surface area contributed by atoms with Gasteiger partial charge in [-0.05, 0) is 43.9 Å². The monoisotopic (exact) mass is 312 g/mol. The van der Waals surface area contributed by atoms with E-state index in [2.05, 4.69) is 15.9 Å². The normalized spacial score (nSPS) is 20.6. The molecule has 100 valence electrons. The van der Waals surface area contributed by atoms with Crippen LogP contribution in [0.15, 0.2) is 22.7 Å². The minimum absolute atomic E-state index is 0.194. The maximum absolute atomic E-state index is 12.8. The molecular weight excluding hydrogens is 292 g/mol. The summed E-state index contributed by atoms with van der Waals surface area (Å²) in [5, 5.41) is 12.8. The van der Waals surface area contributed by atoms with Crippen molar-refractivity contribution in [2.24, 2.45) is 0 Å². The maximum atomic E-state index is 12.8. The van der Waals surface area contributed by atoms with Crippen LogP contribution >= 0.6 is 15.9 Å². The second kappa shape index (κ2) is 5.59. The van der Waals surface area contributed by atoms with E-state index in [-0.39, 0.29) is 10.7 Å². The molecule has 1 aromatic carbocycles. The van der Waals surface area contributed by atoms with Gasteiger partial charge in [0, 0.05) is 15.7 Å². The van der Waals surface area contributed by atoms with Crippen LogP contribution in [0.25, 0.3) is 0 Å². The van der Waals surface area contributed by atoms with Crippen molar-refractivity contribution < 1.29 is 4.65 Å². The Morgan fingerprint density at radius 1 is 1.33 bits per heavy atom. The Labute approximate surface area is 117 Å². The van der Waals surface area contributed by atoms with Gasteiger partial charge in [-0.15, -0.1) is 0 Å². The van der Waals surface area contributed by atoms with Crippen molar-refractivity contribution in [1.82, 2.24) is 0 Å². The summed E-state index contributed by atoms with van der Waals surface area (Å²) in [6.45, 7) is 0.468. The molecule has 0 amide bonds. The number of quaternary nitrogens is 1. The van der Waals surface area contributed by atoms with E-state index in [1.54, 1.807) is 7.05 Å². The second-order valence-corrected chi connectivity index (χ2v) is 6.38. The standard InChI is InChI=1S/C14H21BrN2O/c1-17(18,13-5-3-2-4-6-13)10-11-9-12(15)7-8-14(11)16/h7-9,13H,2-6,10,16H2,1H3. The summed E-state index contributed by atoms with van der Waals surface area (Å²) in [5.41, 5.74) is 7.62. The van der Waals surface area contributed by atoms with Crippen molar-refractivity contribution in [3.63, 3.8) is 0 Å². The summed E-state index contributed by atoms with van der Waals surface area (Å²) in [7, 11) is 1.79. The number of hydrogen-bond donors (Lipinski definition) is 1. The SMILES string of the molecule is C[N+]([O-])(Cc1cc(Br)ccc1N)C1CCCCC1. The van der Waals surface area contributed by atoms with Crippen molar-refractivity contribution in [2.45, 2.75) is 44.7 Å².